The minimum atomic E-state index is -0.268. The van der Waals surface area contributed by atoms with E-state index in [0.29, 0.717) is 30.3 Å². The first-order chi connectivity index (χ1) is 12.7. The Labute approximate surface area is 155 Å². The van der Waals surface area contributed by atoms with Crippen LogP contribution in [0, 0.1) is 6.92 Å². The van der Waals surface area contributed by atoms with Gasteiger partial charge in [0.2, 0.25) is 0 Å². The van der Waals surface area contributed by atoms with Crippen molar-refractivity contribution >= 4 is 27.5 Å². The fourth-order valence-corrected chi connectivity index (χ4v) is 4.19. The summed E-state index contributed by atoms with van der Waals surface area (Å²) < 4.78 is 14.3. The molecule has 0 saturated carbocycles. The molecular weight excluding hydrogens is 348 g/mol. The average molecular weight is 368 g/mol. The summed E-state index contributed by atoms with van der Waals surface area (Å²) in [4.78, 5) is 17.9. The number of carbonyl (C=O) groups excluding carboxylic acids is 1. The lowest BCUT2D eigenvalue weighted by atomic mass is 10.2. The van der Waals surface area contributed by atoms with Crippen molar-refractivity contribution in [2.75, 3.05) is 13.2 Å². The highest BCUT2D eigenvalue weighted by molar-refractivity contribution is 7.16. The van der Waals surface area contributed by atoms with Crippen LogP contribution in [0.1, 0.15) is 29.3 Å². The molecule has 1 amide bonds. The fourth-order valence-electron chi connectivity index (χ4n) is 3.03. The second-order valence-corrected chi connectivity index (χ2v) is 7.29. The summed E-state index contributed by atoms with van der Waals surface area (Å²) in [5.41, 5.74) is 2.83. The lowest BCUT2D eigenvalue weighted by molar-refractivity contribution is 0.0996. The van der Waals surface area contributed by atoms with Gasteiger partial charge in [-0.3, -0.25) is 4.79 Å². The van der Waals surface area contributed by atoms with E-state index in [4.69, 9.17) is 9.47 Å². The van der Waals surface area contributed by atoms with Crippen molar-refractivity contribution in [3.05, 3.63) is 52.3 Å². The number of nitrogens with zero attached hydrogens (tertiary/aromatic N) is 2. The van der Waals surface area contributed by atoms with Gasteiger partial charge in [0, 0.05) is 12.1 Å². The van der Waals surface area contributed by atoms with Gasteiger partial charge in [0.1, 0.15) is 13.2 Å². The smallest absolute Gasteiger partial charge is 0.279 e. The van der Waals surface area contributed by atoms with E-state index in [0.717, 1.165) is 28.0 Å². The summed E-state index contributed by atoms with van der Waals surface area (Å²) in [7, 11) is 0. The molecule has 1 aromatic heterocycles. The first-order valence-electron chi connectivity index (χ1n) is 8.74. The highest BCUT2D eigenvalue weighted by atomic mass is 32.1. The summed E-state index contributed by atoms with van der Waals surface area (Å²) in [5.74, 6) is 1.01. The Hall–Kier alpha value is -2.60. The number of rotatable bonds is 3. The van der Waals surface area contributed by atoms with Crippen LogP contribution in [0.5, 0.6) is 11.5 Å². The molecule has 0 atom stereocenters. The molecule has 3 aromatic rings. The Balaban J connectivity index is 1.77. The predicted molar refractivity (Wildman–Crippen MR) is 102 cm³/mol. The van der Waals surface area contributed by atoms with Crippen LogP contribution in [0.2, 0.25) is 0 Å². The lowest BCUT2D eigenvalue weighted by Crippen LogP contribution is -2.17. The van der Waals surface area contributed by atoms with Gasteiger partial charge >= 0.3 is 0 Å². The highest BCUT2D eigenvalue weighted by Crippen LogP contribution is 2.31. The second kappa shape index (κ2) is 6.96. The van der Waals surface area contributed by atoms with Crippen LogP contribution in [0.3, 0.4) is 0 Å². The van der Waals surface area contributed by atoms with Crippen LogP contribution in [0.25, 0.3) is 10.2 Å². The Morgan fingerprint density at radius 1 is 1.15 bits per heavy atom. The molecule has 0 saturated heterocycles. The number of thiazole rings is 1. The molecule has 1 aliphatic rings. The van der Waals surface area contributed by atoms with Gasteiger partial charge < -0.3 is 14.0 Å². The van der Waals surface area contributed by atoms with E-state index in [1.165, 1.54) is 5.56 Å². The number of hydrogen-bond acceptors (Lipinski definition) is 4. The Bertz CT molecular complexity index is 1050. The molecule has 0 aliphatic carbocycles. The summed E-state index contributed by atoms with van der Waals surface area (Å²) in [6, 6.07) is 11.5. The van der Waals surface area contributed by atoms with E-state index in [-0.39, 0.29) is 5.91 Å². The third-order valence-electron chi connectivity index (χ3n) is 4.27. The molecule has 0 fully saturated rings. The fraction of sp³-hybridized carbons (Fsp3) is 0.300. The SMILES string of the molecule is CCCn1c(=NC(=O)c2ccc3c(c2)OCCO3)sc2cc(C)ccc21. The zero-order valence-corrected chi connectivity index (χ0v) is 15.6. The lowest BCUT2D eigenvalue weighted by Gasteiger charge is -2.18. The van der Waals surface area contributed by atoms with Crippen molar-refractivity contribution in [3.63, 3.8) is 0 Å². The Morgan fingerprint density at radius 3 is 2.77 bits per heavy atom. The minimum absolute atomic E-state index is 0.268. The molecule has 6 heteroatoms. The summed E-state index contributed by atoms with van der Waals surface area (Å²) >= 11 is 1.55. The second-order valence-electron chi connectivity index (χ2n) is 6.28. The Kier molecular flexibility index (Phi) is 4.51. The number of hydrogen-bond donors (Lipinski definition) is 0. The van der Waals surface area contributed by atoms with Gasteiger partial charge in [0.05, 0.1) is 10.2 Å². The molecule has 134 valence electrons. The third-order valence-corrected chi connectivity index (χ3v) is 5.31. The number of aryl methyl sites for hydroxylation is 2. The largest absolute Gasteiger partial charge is 0.486 e. The van der Waals surface area contributed by atoms with Gasteiger partial charge in [0.25, 0.3) is 5.91 Å². The van der Waals surface area contributed by atoms with Crippen LogP contribution in [-0.4, -0.2) is 23.7 Å². The van der Waals surface area contributed by atoms with Gasteiger partial charge in [-0.25, -0.2) is 0 Å². The summed E-state index contributed by atoms with van der Waals surface area (Å²) in [6.45, 7) is 6.05. The first kappa shape index (κ1) is 16.8. The predicted octanol–water partition coefficient (Wildman–Crippen LogP) is 3.93. The number of benzene rings is 2. The number of aromatic nitrogens is 1. The summed E-state index contributed by atoms with van der Waals surface area (Å²) in [5, 5.41) is 0. The highest BCUT2D eigenvalue weighted by Gasteiger charge is 2.15. The van der Waals surface area contributed by atoms with E-state index in [9.17, 15) is 4.79 Å². The van der Waals surface area contributed by atoms with E-state index in [2.05, 4.69) is 41.6 Å². The third kappa shape index (κ3) is 3.12. The van der Waals surface area contributed by atoms with Crippen molar-refractivity contribution in [3.8, 4) is 11.5 Å². The van der Waals surface area contributed by atoms with Gasteiger partial charge in [0.15, 0.2) is 16.3 Å². The molecule has 0 unspecified atom stereocenters. The maximum absolute atomic E-state index is 12.7. The van der Waals surface area contributed by atoms with Gasteiger partial charge in [-0.15, -0.1) is 0 Å². The number of carbonyl (C=O) groups is 1. The zero-order valence-electron chi connectivity index (χ0n) is 14.8. The standard InChI is InChI=1S/C20H20N2O3S/c1-3-8-22-15-6-4-13(2)11-18(15)26-20(22)21-19(23)14-5-7-16-17(12-14)25-10-9-24-16/h4-7,11-12H,3,8-10H2,1-2H3. The topological polar surface area (TPSA) is 52.8 Å². The number of amides is 1. The number of ether oxygens (including phenoxy) is 2. The van der Waals surface area contributed by atoms with Crippen LogP contribution in [-0.2, 0) is 6.54 Å². The zero-order chi connectivity index (χ0) is 18.1. The Morgan fingerprint density at radius 2 is 1.96 bits per heavy atom. The van der Waals surface area contributed by atoms with E-state index >= 15 is 0 Å². The van der Waals surface area contributed by atoms with Crippen LogP contribution in [0.15, 0.2) is 41.4 Å². The average Bonchev–Trinajstić information content (AvgIpc) is 2.98. The van der Waals surface area contributed by atoms with E-state index < -0.39 is 0 Å². The van der Waals surface area contributed by atoms with Crippen molar-refractivity contribution < 1.29 is 14.3 Å². The monoisotopic (exact) mass is 368 g/mol. The quantitative estimate of drug-likeness (QED) is 0.704. The molecule has 0 spiro atoms. The molecule has 26 heavy (non-hydrogen) atoms. The van der Waals surface area contributed by atoms with Crippen LogP contribution < -0.4 is 14.3 Å². The minimum Gasteiger partial charge on any atom is -0.486 e. The molecule has 4 rings (SSSR count). The van der Waals surface area contributed by atoms with Crippen molar-refractivity contribution in [2.45, 2.75) is 26.8 Å². The molecule has 0 N–H and O–H groups in total. The van der Waals surface area contributed by atoms with Gasteiger partial charge in [-0.05, 0) is 49.2 Å². The van der Waals surface area contributed by atoms with Crippen molar-refractivity contribution in [2.24, 2.45) is 4.99 Å². The molecule has 2 aromatic carbocycles. The van der Waals surface area contributed by atoms with Gasteiger partial charge in [-0.2, -0.15) is 4.99 Å². The molecule has 5 nitrogen and oxygen atoms in total. The van der Waals surface area contributed by atoms with E-state index in [1.807, 2.05) is 0 Å². The molecule has 1 aliphatic heterocycles. The van der Waals surface area contributed by atoms with E-state index in [1.54, 1.807) is 29.5 Å². The maximum Gasteiger partial charge on any atom is 0.279 e. The van der Waals surface area contributed by atoms with Gasteiger partial charge in [-0.1, -0.05) is 24.3 Å². The maximum atomic E-state index is 12.7. The summed E-state index contributed by atoms with van der Waals surface area (Å²) in [6.07, 6.45) is 0.977. The molecular formula is C20H20N2O3S. The first-order valence-corrected chi connectivity index (χ1v) is 9.56. The van der Waals surface area contributed by atoms with Crippen molar-refractivity contribution in [1.82, 2.24) is 4.57 Å². The molecule has 2 heterocycles. The van der Waals surface area contributed by atoms with Crippen LogP contribution >= 0.6 is 11.3 Å². The van der Waals surface area contributed by atoms with Crippen molar-refractivity contribution in [1.29, 1.82) is 0 Å². The van der Waals surface area contributed by atoms with Crippen LogP contribution in [0.4, 0.5) is 0 Å². The normalized spacial score (nSPS) is 14.0. The molecule has 0 bridgehead atoms. The molecule has 0 radical (unpaired) electrons. The number of fused-ring (bicyclic) bond motifs is 2.